The molecule has 0 spiro atoms. The molecule has 0 amide bonds. The van der Waals surface area contributed by atoms with Gasteiger partial charge in [-0.25, -0.2) is 0 Å². The lowest BCUT2D eigenvalue weighted by atomic mass is 9.92. The lowest BCUT2D eigenvalue weighted by molar-refractivity contribution is 0.201. The molecule has 106 valence electrons. The molecule has 3 heteroatoms. The number of nitrogens with zero attached hydrogens (tertiary/aromatic N) is 1. The van der Waals surface area contributed by atoms with E-state index in [4.69, 9.17) is 10.5 Å². The Bertz CT molecular complexity index is 394. The van der Waals surface area contributed by atoms with Crippen molar-refractivity contribution in [2.24, 2.45) is 11.7 Å². The van der Waals surface area contributed by atoms with Crippen LogP contribution in [0.2, 0.25) is 0 Å². The van der Waals surface area contributed by atoms with Crippen LogP contribution >= 0.6 is 0 Å². The van der Waals surface area contributed by atoms with Crippen LogP contribution in [0.1, 0.15) is 31.7 Å². The Morgan fingerprint density at radius 1 is 1.42 bits per heavy atom. The van der Waals surface area contributed by atoms with Crippen molar-refractivity contribution in [2.45, 2.75) is 26.2 Å². The van der Waals surface area contributed by atoms with Crippen molar-refractivity contribution in [1.82, 2.24) is 4.90 Å². The third kappa shape index (κ3) is 3.71. The maximum absolute atomic E-state index is 5.74. The Kier molecular flexibility index (Phi) is 5.23. The minimum absolute atomic E-state index is 0.565. The summed E-state index contributed by atoms with van der Waals surface area (Å²) in [6.07, 6.45) is 1.12. The summed E-state index contributed by atoms with van der Waals surface area (Å²) < 4.78 is 5.73. The maximum atomic E-state index is 5.74. The summed E-state index contributed by atoms with van der Waals surface area (Å²) in [6.45, 7) is 9.35. The monoisotopic (exact) mass is 262 g/mol. The molecule has 1 aromatic rings. The number of hydrogen-bond donors (Lipinski definition) is 1. The minimum Gasteiger partial charge on any atom is -0.493 e. The highest BCUT2D eigenvalue weighted by Crippen LogP contribution is 2.33. The number of para-hydroxylation sites is 1. The second-order valence-electron chi connectivity index (χ2n) is 5.56. The van der Waals surface area contributed by atoms with Crippen LogP contribution in [-0.4, -0.2) is 37.7 Å². The SMILES string of the molecule is CCN(CC(C)CN)CC1CCOc2ccccc21. The van der Waals surface area contributed by atoms with Crippen LogP contribution in [0, 0.1) is 5.92 Å². The Labute approximate surface area is 116 Å². The molecular weight excluding hydrogens is 236 g/mol. The van der Waals surface area contributed by atoms with Crippen LogP contribution in [0.3, 0.4) is 0 Å². The number of nitrogens with two attached hydrogens (primary N) is 1. The lowest BCUT2D eigenvalue weighted by Gasteiger charge is -2.32. The average Bonchev–Trinajstić information content (AvgIpc) is 2.46. The Hall–Kier alpha value is -1.06. The first-order valence-corrected chi connectivity index (χ1v) is 7.38. The van der Waals surface area contributed by atoms with Gasteiger partial charge < -0.3 is 15.4 Å². The van der Waals surface area contributed by atoms with Crippen molar-refractivity contribution in [1.29, 1.82) is 0 Å². The third-order valence-electron chi connectivity index (χ3n) is 3.98. The number of likely N-dealkylation sites (N-methyl/N-ethyl adjacent to an activating group) is 1. The van der Waals surface area contributed by atoms with Gasteiger partial charge in [-0.05, 0) is 37.1 Å². The lowest BCUT2D eigenvalue weighted by Crippen LogP contribution is -2.35. The minimum atomic E-state index is 0.565. The van der Waals surface area contributed by atoms with E-state index in [1.54, 1.807) is 0 Å². The molecular formula is C16H26N2O. The number of fused-ring (bicyclic) bond motifs is 1. The molecule has 2 unspecified atom stereocenters. The van der Waals surface area contributed by atoms with Gasteiger partial charge in [0.15, 0.2) is 0 Å². The number of ether oxygens (including phenoxy) is 1. The van der Waals surface area contributed by atoms with Crippen LogP contribution in [0.5, 0.6) is 5.75 Å². The highest BCUT2D eigenvalue weighted by molar-refractivity contribution is 5.37. The summed E-state index contributed by atoms with van der Waals surface area (Å²) >= 11 is 0. The first kappa shape index (κ1) is 14.4. The van der Waals surface area contributed by atoms with Gasteiger partial charge in [0.1, 0.15) is 5.75 Å². The van der Waals surface area contributed by atoms with Crippen LogP contribution in [-0.2, 0) is 0 Å². The first-order valence-electron chi connectivity index (χ1n) is 7.38. The van der Waals surface area contributed by atoms with E-state index in [2.05, 4.69) is 43.0 Å². The number of hydrogen-bond acceptors (Lipinski definition) is 3. The van der Waals surface area contributed by atoms with E-state index in [1.807, 2.05) is 0 Å². The molecule has 1 heterocycles. The molecule has 0 saturated carbocycles. The highest BCUT2D eigenvalue weighted by Gasteiger charge is 2.23. The third-order valence-corrected chi connectivity index (χ3v) is 3.98. The van der Waals surface area contributed by atoms with E-state index in [1.165, 1.54) is 5.56 Å². The molecule has 1 aliphatic heterocycles. The second kappa shape index (κ2) is 6.92. The van der Waals surface area contributed by atoms with Crippen LogP contribution in [0.25, 0.3) is 0 Å². The van der Waals surface area contributed by atoms with E-state index < -0.39 is 0 Å². The molecule has 19 heavy (non-hydrogen) atoms. The fraction of sp³-hybridized carbons (Fsp3) is 0.625. The van der Waals surface area contributed by atoms with Crippen LogP contribution in [0.4, 0.5) is 0 Å². The number of benzene rings is 1. The van der Waals surface area contributed by atoms with Gasteiger partial charge in [-0.15, -0.1) is 0 Å². The Balaban J connectivity index is 2.02. The van der Waals surface area contributed by atoms with Crippen molar-refractivity contribution in [3.8, 4) is 5.75 Å². The van der Waals surface area contributed by atoms with Gasteiger partial charge in [0, 0.05) is 19.0 Å². The van der Waals surface area contributed by atoms with E-state index in [0.29, 0.717) is 11.8 Å². The summed E-state index contributed by atoms with van der Waals surface area (Å²) in [7, 11) is 0. The standard InChI is InChI=1S/C16H26N2O/c1-3-18(11-13(2)10-17)12-14-8-9-19-16-7-5-4-6-15(14)16/h4-7,13-14H,3,8-12,17H2,1-2H3. The summed E-state index contributed by atoms with van der Waals surface area (Å²) in [6, 6.07) is 8.45. The Morgan fingerprint density at radius 2 is 2.21 bits per heavy atom. The molecule has 1 aliphatic rings. The summed E-state index contributed by atoms with van der Waals surface area (Å²) in [5, 5.41) is 0. The van der Waals surface area contributed by atoms with Gasteiger partial charge in [-0.1, -0.05) is 32.0 Å². The quantitative estimate of drug-likeness (QED) is 0.856. The molecule has 2 rings (SSSR count). The molecule has 0 aromatic heterocycles. The number of rotatable bonds is 6. The van der Waals surface area contributed by atoms with Crippen molar-refractivity contribution in [3.05, 3.63) is 29.8 Å². The molecule has 3 nitrogen and oxygen atoms in total. The molecule has 2 atom stereocenters. The first-order chi connectivity index (χ1) is 9.24. The second-order valence-corrected chi connectivity index (χ2v) is 5.56. The van der Waals surface area contributed by atoms with Gasteiger partial charge >= 0.3 is 0 Å². The predicted molar refractivity (Wildman–Crippen MR) is 79.6 cm³/mol. The summed E-state index contributed by atoms with van der Waals surface area (Å²) in [5.41, 5.74) is 7.11. The molecule has 1 aromatic carbocycles. The highest BCUT2D eigenvalue weighted by atomic mass is 16.5. The van der Waals surface area contributed by atoms with Crippen molar-refractivity contribution >= 4 is 0 Å². The fourth-order valence-corrected chi connectivity index (χ4v) is 2.77. The Morgan fingerprint density at radius 3 is 2.95 bits per heavy atom. The van der Waals surface area contributed by atoms with Crippen molar-refractivity contribution in [2.75, 3.05) is 32.8 Å². The van der Waals surface area contributed by atoms with Gasteiger partial charge in [-0.2, -0.15) is 0 Å². The smallest absolute Gasteiger partial charge is 0.122 e. The zero-order valence-electron chi connectivity index (χ0n) is 12.1. The summed E-state index contributed by atoms with van der Waals surface area (Å²) in [4.78, 5) is 2.52. The predicted octanol–water partition coefficient (Wildman–Crippen LogP) is 2.47. The average molecular weight is 262 g/mol. The zero-order chi connectivity index (χ0) is 13.7. The fourth-order valence-electron chi connectivity index (χ4n) is 2.77. The largest absolute Gasteiger partial charge is 0.493 e. The van der Waals surface area contributed by atoms with E-state index in [0.717, 1.165) is 45.0 Å². The zero-order valence-corrected chi connectivity index (χ0v) is 12.1. The van der Waals surface area contributed by atoms with Crippen molar-refractivity contribution < 1.29 is 4.74 Å². The van der Waals surface area contributed by atoms with Crippen molar-refractivity contribution in [3.63, 3.8) is 0 Å². The van der Waals surface area contributed by atoms with E-state index in [9.17, 15) is 0 Å². The van der Waals surface area contributed by atoms with Crippen LogP contribution in [0.15, 0.2) is 24.3 Å². The van der Waals surface area contributed by atoms with E-state index >= 15 is 0 Å². The van der Waals surface area contributed by atoms with Gasteiger partial charge in [0.2, 0.25) is 0 Å². The molecule has 0 bridgehead atoms. The topological polar surface area (TPSA) is 38.5 Å². The van der Waals surface area contributed by atoms with Gasteiger partial charge in [0.25, 0.3) is 0 Å². The van der Waals surface area contributed by atoms with Gasteiger partial charge in [-0.3, -0.25) is 0 Å². The van der Waals surface area contributed by atoms with Gasteiger partial charge in [0.05, 0.1) is 6.61 Å². The maximum Gasteiger partial charge on any atom is 0.122 e. The molecule has 2 N–H and O–H groups in total. The summed E-state index contributed by atoms with van der Waals surface area (Å²) in [5.74, 6) is 2.23. The normalized spacial score (nSPS) is 19.9. The molecule has 0 saturated heterocycles. The van der Waals surface area contributed by atoms with E-state index in [-0.39, 0.29) is 0 Å². The molecule has 0 fully saturated rings. The molecule has 0 radical (unpaired) electrons. The van der Waals surface area contributed by atoms with Crippen LogP contribution < -0.4 is 10.5 Å². The molecule has 0 aliphatic carbocycles.